The summed E-state index contributed by atoms with van der Waals surface area (Å²) in [7, 11) is 0. The molecule has 0 bridgehead atoms. The highest BCUT2D eigenvalue weighted by Crippen LogP contribution is 2.29. The van der Waals surface area contributed by atoms with Crippen LogP contribution in [0.3, 0.4) is 0 Å². The zero-order valence-corrected chi connectivity index (χ0v) is 13.5. The molecule has 2 rings (SSSR count). The SMILES string of the molecule is CCc1c(C#N)c(Cl)nc(N2CCCN(C(=O)O)CC2)c1C#N. The smallest absolute Gasteiger partial charge is 0.407 e. The number of carboxylic acid groups (broad SMARTS) is 1. The molecule has 1 fully saturated rings. The molecule has 0 aromatic carbocycles. The molecule has 1 saturated heterocycles. The molecular formula is C15H16ClN5O2. The van der Waals surface area contributed by atoms with Gasteiger partial charge in [0.1, 0.15) is 23.1 Å². The third-order valence-electron chi connectivity index (χ3n) is 3.88. The summed E-state index contributed by atoms with van der Waals surface area (Å²) >= 11 is 6.11. The maximum absolute atomic E-state index is 11.1. The van der Waals surface area contributed by atoms with Gasteiger partial charge < -0.3 is 14.9 Å². The number of hydrogen-bond donors (Lipinski definition) is 1. The predicted molar refractivity (Wildman–Crippen MR) is 84.5 cm³/mol. The van der Waals surface area contributed by atoms with Gasteiger partial charge in [0.2, 0.25) is 0 Å². The van der Waals surface area contributed by atoms with E-state index in [9.17, 15) is 15.3 Å². The fourth-order valence-electron chi connectivity index (χ4n) is 2.72. The molecule has 7 nitrogen and oxygen atoms in total. The molecule has 0 spiro atoms. The van der Waals surface area contributed by atoms with Crippen molar-refractivity contribution in [3.05, 3.63) is 21.8 Å². The number of pyridine rings is 1. The molecular weight excluding hydrogens is 318 g/mol. The molecule has 1 aliphatic heterocycles. The summed E-state index contributed by atoms with van der Waals surface area (Å²) in [5.41, 5.74) is 1.16. The Morgan fingerprint density at radius 1 is 1.26 bits per heavy atom. The van der Waals surface area contributed by atoms with Crippen LogP contribution in [0.15, 0.2) is 0 Å². The van der Waals surface area contributed by atoms with E-state index in [0.717, 1.165) is 0 Å². The van der Waals surface area contributed by atoms with Crippen LogP contribution in [0.4, 0.5) is 10.6 Å². The molecule has 1 aromatic rings. The number of aromatic nitrogens is 1. The van der Waals surface area contributed by atoms with Gasteiger partial charge in [0.25, 0.3) is 0 Å². The molecule has 0 saturated carbocycles. The lowest BCUT2D eigenvalue weighted by molar-refractivity contribution is 0.148. The van der Waals surface area contributed by atoms with Gasteiger partial charge in [-0.3, -0.25) is 0 Å². The molecule has 0 aliphatic carbocycles. The molecule has 0 atom stereocenters. The van der Waals surface area contributed by atoms with E-state index in [1.807, 2.05) is 17.9 Å². The summed E-state index contributed by atoms with van der Waals surface area (Å²) in [5.74, 6) is 0.431. The first-order chi connectivity index (χ1) is 11.0. The number of halogens is 1. The van der Waals surface area contributed by atoms with Crippen molar-refractivity contribution in [1.29, 1.82) is 10.5 Å². The van der Waals surface area contributed by atoms with Crippen LogP contribution < -0.4 is 4.90 Å². The van der Waals surface area contributed by atoms with Crippen molar-refractivity contribution in [2.45, 2.75) is 19.8 Å². The first kappa shape index (κ1) is 16.9. The fourth-order valence-corrected chi connectivity index (χ4v) is 2.96. The van der Waals surface area contributed by atoms with Crippen LogP contribution in [-0.4, -0.2) is 47.3 Å². The van der Waals surface area contributed by atoms with Crippen LogP contribution in [0.1, 0.15) is 30.0 Å². The summed E-state index contributed by atoms with van der Waals surface area (Å²) in [5, 5.41) is 27.9. The van der Waals surface area contributed by atoms with E-state index < -0.39 is 6.09 Å². The Kier molecular flexibility index (Phi) is 5.25. The van der Waals surface area contributed by atoms with Gasteiger partial charge >= 0.3 is 6.09 Å². The van der Waals surface area contributed by atoms with Crippen molar-refractivity contribution in [2.75, 3.05) is 31.1 Å². The molecule has 0 radical (unpaired) electrons. The Labute approximate surface area is 139 Å². The first-order valence-corrected chi connectivity index (χ1v) is 7.66. The Balaban J connectivity index is 2.44. The Morgan fingerprint density at radius 3 is 2.52 bits per heavy atom. The maximum Gasteiger partial charge on any atom is 0.407 e. The third-order valence-corrected chi connectivity index (χ3v) is 4.15. The monoisotopic (exact) mass is 333 g/mol. The third kappa shape index (κ3) is 3.30. The van der Waals surface area contributed by atoms with E-state index in [-0.39, 0.29) is 10.7 Å². The Bertz CT molecular complexity index is 707. The van der Waals surface area contributed by atoms with E-state index in [2.05, 4.69) is 11.1 Å². The highest BCUT2D eigenvalue weighted by molar-refractivity contribution is 6.30. The number of rotatable bonds is 2. The van der Waals surface area contributed by atoms with Crippen molar-refractivity contribution < 1.29 is 9.90 Å². The molecule has 1 amide bonds. The average molecular weight is 334 g/mol. The molecule has 8 heteroatoms. The van der Waals surface area contributed by atoms with Crippen molar-refractivity contribution in [3.8, 4) is 12.1 Å². The number of carbonyl (C=O) groups is 1. The number of amides is 1. The Hall–Kier alpha value is -2.51. The van der Waals surface area contributed by atoms with Crippen molar-refractivity contribution >= 4 is 23.5 Å². The van der Waals surface area contributed by atoms with Gasteiger partial charge in [-0.1, -0.05) is 18.5 Å². The van der Waals surface area contributed by atoms with E-state index in [4.69, 9.17) is 16.7 Å². The van der Waals surface area contributed by atoms with Crippen LogP contribution >= 0.6 is 11.6 Å². The lowest BCUT2D eigenvalue weighted by atomic mass is 10.0. The minimum absolute atomic E-state index is 0.0812. The lowest BCUT2D eigenvalue weighted by Crippen LogP contribution is -2.34. The second-order valence-corrected chi connectivity index (χ2v) is 5.50. The van der Waals surface area contributed by atoms with E-state index in [1.165, 1.54) is 4.90 Å². The zero-order chi connectivity index (χ0) is 17.0. The number of hydrogen-bond acceptors (Lipinski definition) is 5. The summed E-state index contributed by atoms with van der Waals surface area (Å²) in [6, 6.07) is 4.13. The maximum atomic E-state index is 11.1. The minimum atomic E-state index is -0.951. The van der Waals surface area contributed by atoms with Gasteiger partial charge in [0.15, 0.2) is 0 Å². The zero-order valence-electron chi connectivity index (χ0n) is 12.7. The summed E-state index contributed by atoms with van der Waals surface area (Å²) in [6.45, 7) is 3.64. The summed E-state index contributed by atoms with van der Waals surface area (Å²) in [4.78, 5) is 18.5. The van der Waals surface area contributed by atoms with Crippen LogP contribution in [0.25, 0.3) is 0 Å². The largest absolute Gasteiger partial charge is 0.465 e. The molecule has 0 unspecified atom stereocenters. The van der Waals surface area contributed by atoms with Crippen molar-refractivity contribution in [1.82, 2.24) is 9.88 Å². The van der Waals surface area contributed by atoms with Crippen LogP contribution in [-0.2, 0) is 6.42 Å². The molecule has 1 N–H and O–H groups in total. The molecule has 23 heavy (non-hydrogen) atoms. The van der Waals surface area contributed by atoms with E-state index >= 15 is 0 Å². The second kappa shape index (κ2) is 7.17. The molecule has 1 aliphatic rings. The normalized spacial score (nSPS) is 14.8. The number of anilines is 1. The quantitative estimate of drug-likeness (QED) is 0.832. The van der Waals surface area contributed by atoms with Gasteiger partial charge in [-0.05, 0) is 18.4 Å². The highest BCUT2D eigenvalue weighted by Gasteiger charge is 2.24. The van der Waals surface area contributed by atoms with Crippen molar-refractivity contribution in [2.24, 2.45) is 0 Å². The van der Waals surface area contributed by atoms with Gasteiger partial charge in [0, 0.05) is 26.2 Å². The van der Waals surface area contributed by atoms with Gasteiger partial charge in [0.05, 0.1) is 11.1 Å². The average Bonchev–Trinajstić information content (AvgIpc) is 2.79. The first-order valence-electron chi connectivity index (χ1n) is 7.28. The summed E-state index contributed by atoms with van der Waals surface area (Å²) < 4.78 is 0. The number of nitrogens with zero attached hydrogens (tertiary/aromatic N) is 5. The molecule has 2 heterocycles. The second-order valence-electron chi connectivity index (χ2n) is 5.14. The van der Waals surface area contributed by atoms with Crippen molar-refractivity contribution in [3.63, 3.8) is 0 Å². The minimum Gasteiger partial charge on any atom is -0.465 e. The van der Waals surface area contributed by atoms with Gasteiger partial charge in [-0.15, -0.1) is 0 Å². The predicted octanol–water partition coefficient (Wildman–Crippen LogP) is 2.23. The lowest BCUT2D eigenvalue weighted by Gasteiger charge is -2.24. The number of nitriles is 2. The molecule has 1 aromatic heterocycles. The summed E-state index contributed by atoms with van der Waals surface area (Å²) in [6.07, 6.45) is 0.182. The van der Waals surface area contributed by atoms with E-state index in [1.54, 1.807) is 0 Å². The van der Waals surface area contributed by atoms with Crippen LogP contribution in [0.5, 0.6) is 0 Å². The van der Waals surface area contributed by atoms with E-state index in [0.29, 0.717) is 56.0 Å². The topological polar surface area (TPSA) is 104 Å². The highest BCUT2D eigenvalue weighted by atomic mass is 35.5. The van der Waals surface area contributed by atoms with Gasteiger partial charge in [-0.25, -0.2) is 9.78 Å². The van der Waals surface area contributed by atoms with Crippen LogP contribution in [0.2, 0.25) is 5.15 Å². The standard InChI is InChI=1S/C15H16ClN5O2/c1-2-10-11(8-17)13(16)19-14(12(10)9-18)20-4-3-5-21(7-6-20)15(22)23/h2-7H2,1H3,(H,22,23). The van der Waals surface area contributed by atoms with Crippen LogP contribution in [0, 0.1) is 22.7 Å². The van der Waals surface area contributed by atoms with Gasteiger partial charge in [-0.2, -0.15) is 10.5 Å². The fraction of sp³-hybridized carbons (Fsp3) is 0.467. The Morgan fingerprint density at radius 2 is 1.96 bits per heavy atom. The molecule has 120 valence electrons.